The van der Waals surface area contributed by atoms with Crippen LogP contribution in [0.5, 0.6) is 0 Å². The molecule has 150 valence electrons. The molecule has 0 spiro atoms. The quantitative estimate of drug-likeness (QED) is 0.355. The Labute approximate surface area is 141 Å². The van der Waals surface area contributed by atoms with Crippen molar-refractivity contribution in [1.29, 1.82) is 0 Å². The van der Waals surface area contributed by atoms with Crippen molar-refractivity contribution in [2.45, 2.75) is 24.7 Å². The van der Waals surface area contributed by atoms with Gasteiger partial charge in [-0.3, -0.25) is 5.73 Å². The molecule has 0 aliphatic carbocycles. The standard InChI is InChI=1S/C13H3F12N2/c14-10(15,16)6-2-26-8(12(20,21)22)4(6)1-5-7(11(17,18)19)3-27-9(5)13(23,24)25/h2-3,26H/q-1/p+1. The Bertz CT molecular complexity index is 759. The van der Waals surface area contributed by atoms with E-state index in [0.717, 1.165) is 5.73 Å². The summed E-state index contributed by atoms with van der Waals surface area (Å²) in [7, 11) is 0. The van der Waals surface area contributed by atoms with E-state index in [-0.39, 0.29) is 12.4 Å². The van der Waals surface area contributed by atoms with E-state index >= 15 is 0 Å². The maximum absolute atomic E-state index is 12.9. The summed E-state index contributed by atoms with van der Waals surface area (Å²) >= 11 is 0. The van der Waals surface area contributed by atoms with E-state index < -0.39 is 58.8 Å². The van der Waals surface area contributed by atoms with Gasteiger partial charge in [-0.05, 0) is 5.57 Å². The molecule has 0 atom stereocenters. The van der Waals surface area contributed by atoms with Crippen LogP contribution in [0.1, 0.15) is 0 Å². The fraction of sp³-hybridized carbons (Fsp3) is 0.308. The molecule has 2 N–H and O–H groups in total. The molecule has 0 saturated carbocycles. The van der Waals surface area contributed by atoms with Crippen LogP contribution in [0.15, 0.2) is 40.4 Å². The zero-order chi connectivity index (χ0) is 21.0. The van der Waals surface area contributed by atoms with Crippen molar-refractivity contribution < 1.29 is 57.7 Å². The molecule has 2 heterocycles. The fourth-order valence-corrected chi connectivity index (χ4v) is 2.13. The molecule has 0 aromatic carbocycles. The summed E-state index contributed by atoms with van der Waals surface area (Å²) in [5.74, 6) is 0. The van der Waals surface area contributed by atoms with Gasteiger partial charge in [0, 0.05) is 11.6 Å². The summed E-state index contributed by atoms with van der Waals surface area (Å²) < 4.78 is 154. The van der Waals surface area contributed by atoms with Crippen LogP contribution in [0.4, 0.5) is 52.7 Å². The van der Waals surface area contributed by atoms with Gasteiger partial charge in [-0.15, -0.1) is 5.57 Å². The van der Waals surface area contributed by atoms with Crippen molar-refractivity contribution in [1.82, 2.24) is 5.32 Å². The summed E-state index contributed by atoms with van der Waals surface area (Å²) in [6.45, 7) is 0. The van der Waals surface area contributed by atoms with Crippen LogP contribution < -0.4 is 10.3 Å². The van der Waals surface area contributed by atoms with Crippen LogP contribution in [0, 0.1) is 6.04 Å². The Morgan fingerprint density at radius 2 is 1.30 bits per heavy atom. The Hall–Kier alpha value is -2.50. The van der Waals surface area contributed by atoms with Crippen LogP contribution in [0.3, 0.4) is 0 Å². The first-order valence-electron chi connectivity index (χ1n) is 6.42. The number of hydrogen-bond donors (Lipinski definition) is 2. The number of rotatable bonds is 0. The molecule has 0 aromatic heterocycles. The van der Waals surface area contributed by atoms with Crippen LogP contribution in [-0.4, -0.2) is 30.4 Å². The highest BCUT2D eigenvalue weighted by Gasteiger charge is 2.52. The second-order valence-electron chi connectivity index (χ2n) is 5.02. The van der Waals surface area contributed by atoms with Gasteiger partial charge in [-0.1, -0.05) is 6.20 Å². The Balaban J connectivity index is 2.81. The van der Waals surface area contributed by atoms with Gasteiger partial charge in [0.05, 0.1) is 0 Å². The van der Waals surface area contributed by atoms with Crippen molar-refractivity contribution in [3.8, 4) is 0 Å². The highest BCUT2D eigenvalue weighted by molar-refractivity contribution is 6.05. The first-order chi connectivity index (χ1) is 11.9. The van der Waals surface area contributed by atoms with Crippen LogP contribution >= 0.6 is 0 Å². The summed E-state index contributed by atoms with van der Waals surface area (Å²) in [4.78, 5) is 1.17. The Morgan fingerprint density at radius 1 is 0.778 bits per heavy atom. The van der Waals surface area contributed by atoms with Crippen molar-refractivity contribution in [3.63, 3.8) is 0 Å². The van der Waals surface area contributed by atoms with E-state index in [4.69, 9.17) is 0 Å². The van der Waals surface area contributed by atoms with Crippen molar-refractivity contribution in [2.24, 2.45) is 0 Å². The average Bonchev–Trinajstić information content (AvgIpc) is 2.99. The van der Waals surface area contributed by atoms with E-state index in [0.29, 0.717) is 0 Å². The minimum absolute atomic E-state index is 0.224. The molecule has 0 radical (unpaired) electrons. The maximum Gasteiger partial charge on any atom is 0.477 e. The van der Waals surface area contributed by atoms with E-state index in [1.165, 1.54) is 10.3 Å². The molecule has 0 amide bonds. The second-order valence-corrected chi connectivity index (χ2v) is 5.02. The topological polar surface area (TPSA) is 26.0 Å². The maximum atomic E-state index is 12.9. The van der Waals surface area contributed by atoms with Crippen LogP contribution in [0.25, 0.3) is 0 Å². The predicted octanol–water partition coefficient (Wildman–Crippen LogP) is 3.13. The largest absolute Gasteiger partial charge is 0.477 e. The van der Waals surface area contributed by atoms with Crippen molar-refractivity contribution in [3.05, 3.63) is 46.5 Å². The predicted molar refractivity (Wildman–Crippen MR) is 63.3 cm³/mol. The van der Waals surface area contributed by atoms with Gasteiger partial charge in [0.2, 0.25) is 0 Å². The highest BCUT2D eigenvalue weighted by atomic mass is 19.4. The SMILES string of the molecule is FC(F)(F)C1=C[NH+]=C(C(F)(F)F)C1=C=C1C(C(F)(F)F)=CN[C-]1C(F)(F)F. The number of allylic oxidation sites excluding steroid dienone is 1. The molecular formula is C13H4F12N2. The van der Waals surface area contributed by atoms with Gasteiger partial charge in [0.1, 0.15) is 5.57 Å². The molecule has 0 unspecified atom stereocenters. The normalized spacial score (nSPS) is 19.0. The van der Waals surface area contributed by atoms with Gasteiger partial charge < -0.3 is 5.32 Å². The lowest BCUT2D eigenvalue weighted by atomic mass is 9.97. The Morgan fingerprint density at radius 3 is 1.70 bits per heavy atom. The first-order valence-corrected chi connectivity index (χ1v) is 6.42. The monoisotopic (exact) mass is 416 g/mol. The number of nitrogens with one attached hydrogen (secondary N) is 2. The zero-order valence-electron chi connectivity index (χ0n) is 12.2. The lowest BCUT2D eigenvalue weighted by Gasteiger charge is -2.26. The molecule has 14 heteroatoms. The molecule has 2 nitrogen and oxygen atoms in total. The minimum Gasteiger partial charge on any atom is -0.419 e. The summed E-state index contributed by atoms with van der Waals surface area (Å²) in [5.41, 5.74) is -9.48. The van der Waals surface area contributed by atoms with Crippen molar-refractivity contribution in [2.75, 3.05) is 0 Å². The molecular weight excluding hydrogens is 412 g/mol. The lowest BCUT2D eigenvalue weighted by Crippen LogP contribution is -2.67. The third-order valence-corrected chi connectivity index (χ3v) is 3.19. The third kappa shape index (κ3) is 4.10. The van der Waals surface area contributed by atoms with E-state index in [9.17, 15) is 52.7 Å². The lowest BCUT2D eigenvalue weighted by molar-refractivity contribution is -0.382. The van der Waals surface area contributed by atoms with Gasteiger partial charge >= 0.3 is 24.7 Å². The van der Waals surface area contributed by atoms with E-state index in [1.807, 2.05) is 0 Å². The molecule has 0 fully saturated rings. The third-order valence-electron chi connectivity index (χ3n) is 3.19. The fourth-order valence-electron chi connectivity index (χ4n) is 2.13. The summed E-state index contributed by atoms with van der Waals surface area (Å²) in [5, 5.41) is 1.17. The van der Waals surface area contributed by atoms with Crippen LogP contribution in [-0.2, 0) is 0 Å². The number of halogens is 12. The molecule has 2 rings (SSSR count). The molecule has 0 saturated heterocycles. The van der Waals surface area contributed by atoms with Gasteiger partial charge in [0.15, 0.2) is 6.20 Å². The molecule has 2 aliphatic rings. The average molecular weight is 416 g/mol. The van der Waals surface area contributed by atoms with E-state index in [1.54, 1.807) is 0 Å². The molecule has 27 heavy (non-hydrogen) atoms. The van der Waals surface area contributed by atoms with Gasteiger partial charge in [-0.25, -0.2) is 4.99 Å². The smallest absolute Gasteiger partial charge is 0.419 e. The van der Waals surface area contributed by atoms with Crippen molar-refractivity contribution >= 4 is 5.71 Å². The van der Waals surface area contributed by atoms with Gasteiger partial charge in [0.25, 0.3) is 5.71 Å². The van der Waals surface area contributed by atoms with Gasteiger partial charge in [-0.2, -0.15) is 52.7 Å². The molecule has 0 bridgehead atoms. The van der Waals surface area contributed by atoms with Crippen LogP contribution in [0.2, 0.25) is 0 Å². The number of hydrogen-bond acceptors (Lipinski definition) is 1. The Kier molecular flexibility index (Phi) is 4.63. The van der Waals surface area contributed by atoms with E-state index in [2.05, 4.69) is 0 Å². The number of alkyl halides is 12. The summed E-state index contributed by atoms with van der Waals surface area (Å²) in [6.07, 6.45) is -22.5. The molecule has 2 aliphatic heterocycles. The zero-order valence-corrected chi connectivity index (χ0v) is 12.2. The second kappa shape index (κ2) is 6.01. The first kappa shape index (κ1) is 20.8. The minimum atomic E-state index is -5.53. The highest BCUT2D eigenvalue weighted by Crippen LogP contribution is 2.45. The molecule has 0 aromatic rings. The summed E-state index contributed by atoms with van der Waals surface area (Å²) in [6, 6.07) is -2.20.